The van der Waals surface area contributed by atoms with Gasteiger partial charge in [0.05, 0.1) is 5.69 Å². The van der Waals surface area contributed by atoms with Crippen molar-refractivity contribution in [3.05, 3.63) is 78.1 Å². The zero-order chi connectivity index (χ0) is 17.6. The van der Waals surface area contributed by atoms with E-state index in [0.717, 1.165) is 5.69 Å². The molecule has 0 aliphatic rings. The number of rotatable bonds is 6. The van der Waals surface area contributed by atoms with Crippen LogP contribution in [0.4, 0.5) is 8.78 Å². The normalized spacial score (nSPS) is 10.7. The van der Waals surface area contributed by atoms with Crippen LogP contribution in [0.25, 0.3) is 5.69 Å². The molecule has 7 heteroatoms. The molecule has 2 aromatic carbocycles. The third kappa shape index (κ3) is 4.41. The van der Waals surface area contributed by atoms with E-state index in [2.05, 4.69) is 15.2 Å². The van der Waals surface area contributed by atoms with E-state index >= 15 is 0 Å². The van der Waals surface area contributed by atoms with Crippen molar-refractivity contribution >= 4 is 5.91 Å². The van der Waals surface area contributed by atoms with E-state index in [1.165, 1.54) is 12.1 Å². The van der Waals surface area contributed by atoms with Gasteiger partial charge in [0.25, 0.3) is 5.91 Å². The lowest BCUT2D eigenvalue weighted by Gasteiger charge is -2.09. The lowest BCUT2D eigenvalue weighted by molar-refractivity contribution is -0.0498. The largest absolute Gasteiger partial charge is 0.435 e. The first-order valence-electron chi connectivity index (χ1n) is 7.54. The Bertz CT molecular complexity index is 851. The molecule has 0 saturated heterocycles. The number of ether oxygens (including phenoxy) is 1. The average molecular weight is 343 g/mol. The van der Waals surface area contributed by atoms with Gasteiger partial charge in [-0.05, 0) is 42.0 Å². The van der Waals surface area contributed by atoms with Crippen LogP contribution in [0.15, 0.2) is 67.0 Å². The summed E-state index contributed by atoms with van der Waals surface area (Å²) >= 11 is 0. The van der Waals surface area contributed by atoms with Gasteiger partial charge >= 0.3 is 6.61 Å². The number of halogens is 2. The molecule has 128 valence electrons. The first-order valence-corrected chi connectivity index (χ1v) is 7.54. The molecule has 0 fully saturated rings. The topological polar surface area (TPSA) is 56.1 Å². The van der Waals surface area contributed by atoms with Crippen LogP contribution >= 0.6 is 0 Å². The van der Waals surface area contributed by atoms with Crippen LogP contribution in [0.5, 0.6) is 5.75 Å². The number of hydrogen-bond acceptors (Lipinski definition) is 3. The van der Waals surface area contributed by atoms with Gasteiger partial charge in [-0.25, -0.2) is 4.68 Å². The molecule has 0 bridgehead atoms. The van der Waals surface area contributed by atoms with E-state index in [1.807, 2.05) is 6.07 Å². The second kappa shape index (κ2) is 7.57. The molecule has 0 spiro atoms. The Balaban J connectivity index is 1.66. The zero-order valence-corrected chi connectivity index (χ0v) is 13.1. The van der Waals surface area contributed by atoms with Crippen LogP contribution in [0.1, 0.15) is 15.9 Å². The second-order valence-electron chi connectivity index (χ2n) is 5.21. The van der Waals surface area contributed by atoms with Crippen molar-refractivity contribution in [1.82, 2.24) is 15.1 Å². The minimum Gasteiger partial charge on any atom is -0.435 e. The molecule has 3 aromatic rings. The van der Waals surface area contributed by atoms with Crippen LogP contribution < -0.4 is 10.1 Å². The third-order valence-electron chi connectivity index (χ3n) is 3.45. The number of alkyl halides is 2. The highest BCUT2D eigenvalue weighted by atomic mass is 19.3. The fourth-order valence-electron chi connectivity index (χ4n) is 2.33. The van der Waals surface area contributed by atoms with Crippen molar-refractivity contribution in [2.24, 2.45) is 0 Å². The second-order valence-corrected chi connectivity index (χ2v) is 5.21. The van der Waals surface area contributed by atoms with Crippen molar-refractivity contribution in [2.75, 3.05) is 0 Å². The quantitative estimate of drug-likeness (QED) is 0.746. The van der Waals surface area contributed by atoms with Gasteiger partial charge in [0.2, 0.25) is 0 Å². The van der Waals surface area contributed by atoms with Crippen LogP contribution in [-0.4, -0.2) is 22.3 Å². The molecular formula is C18H15F2N3O2. The van der Waals surface area contributed by atoms with Crippen LogP contribution in [0.2, 0.25) is 0 Å². The van der Waals surface area contributed by atoms with Crippen molar-refractivity contribution < 1.29 is 18.3 Å². The molecule has 0 radical (unpaired) electrons. The number of hydrogen-bond donors (Lipinski definition) is 1. The molecule has 1 N–H and O–H groups in total. The standard InChI is InChI=1S/C18H15F2N3O2/c19-18(20)25-16-7-1-4-13(10-16)12-21-17(24)14-5-2-6-15(11-14)23-9-3-8-22-23/h1-11,18H,12H2,(H,21,24). The number of carbonyl (C=O) groups is 1. The number of benzene rings is 2. The molecule has 1 amide bonds. The predicted molar refractivity (Wildman–Crippen MR) is 87.8 cm³/mol. The number of nitrogens with zero attached hydrogens (tertiary/aromatic N) is 2. The SMILES string of the molecule is O=C(NCc1cccc(OC(F)F)c1)c1cccc(-n2cccn2)c1. The summed E-state index contributed by atoms with van der Waals surface area (Å²) in [5.41, 5.74) is 1.91. The summed E-state index contributed by atoms with van der Waals surface area (Å²) in [6.07, 6.45) is 3.44. The van der Waals surface area contributed by atoms with Gasteiger partial charge in [-0.2, -0.15) is 13.9 Å². The van der Waals surface area contributed by atoms with E-state index in [-0.39, 0.29) is 18.2 Å². The summed E-state index contributed by atoms with van der Waals surface area (Å²) in [5, 5.41) is 6.88. The van der Waals surface area contributed by atoms with E-state index in [0.29, 0.717) is 11.1 Å². The molecule has 25 heavy (non-hydrogen) atoms. The highest BCUT2D eigenvalue weighted by Gasteiger charge is 2.08. The Morgan fingerprint density at radius 2 is 2.00 bits per heavy atom. The molecule has 0 atom stereocenters. The molecule has 0 saturated carbocycles. The average Bonchev–Trinajstić information content (AvgIpc) is 3.14. The van der Waals surface area contributed by atoms with Crippen LogP contribution in [-0.2, 0) is 6.54 Å². The van der Waals surface area contributed by atoms with Gasteiger partial charge in [0.1, 0.15) is 5.75 Å². The van der Waals surface area contributed by atoms with Gasteiger partial charge in [-0.1, -0.05) is 18.2 Å². The molecule has 0 unspecified atom stereocenters. The van der Waals surface area contributed by atoms with Gasteiger partial charge in [-0.3, -0.25) is 4.79 Å². The molecule has 0 aliphatic carbocycles. The Morgan fingerprint density at radius 1 is 1.16 bits per heavy atom. The maximum atomic E-state index is 12.3. The summed E-state index contributed by atoms with van der Waals surface area (Å²) in [5.74, 6) is -0.211. The number of nitrogens with one attached hydrogen (secondary N) is 1. The summed E-state index contributed by atoms with van der Waals surface area (Å²) in [4.78, 5) is 12.3. The van der Waals surface area contributed by atoms with E-state index in [9.17, 15) is 13.6 Å². The smallest absolute Gasteiger partial charge is 0.387 e. The Labute approximate surface area is 142 Å². The maximum Gasteiger partial charge on any atom is 0.387 e. The Morgan fingerprint density at radius 3 is 2.76 bits per heavy atom. The number of carbonyl (C=O) groups excluding carboxylic acids is 1. The van der Waals surface area contributed by atoms with E-state index < -0.39 is 6.61 Å². The first-order chi connectivity index (χ1) is 12.1. The third-order valence-corrected chi connectivity index (χ3v) is 3.45. The highest BCUT2D eigenvalue weighted by molar-refractivity contribution is 5.94. The molecule has 1 aromatic heterocycles. The predicted octanol–water partition coefficient (Wildman–Crippen LogP) is 3.40. The van der Waals surface area contributed by atoms with Gasteiger partial charge < -0.3 is 10.1 Å². The monoisotopic (exact) mass is 343 g/mol. The van der Waals surface area contributed by atoms with Gasteiger partial charge in [0, 0.05) is 24.5 Å². The van der Waals surface area contributed by atoms with Crippen molar-refractivity contribution in [3.8, 4) is 11.4 Å². The highest BCUT2D eigenvalue weighted by Crippen LogP contribution is 2.16. The molecule has 0 aliphatic heterocycles. The lowest BCUT2D eigenvalue weighted by atomic mass is 10.1. The van der Waals surface area contributed by atoms with Crippen molar-refractivity contribution in [1.29, 1.82) is 0 Å². The fourth-order valence-corrected chi connectivity index (χ4v) is 2.33. The van der Waals surface area contributed by atoms with Crippen molar-refractivity contribution in [3.63, 3.8) is 0 Å². The maximum absolute atomic E-state index is 12.3. The van der Waals surface area contributed by atoms with Crippen LogP contribution in [0, 0.1) is 0 Å². The minimum atomic E-state index is -2.88. The molecule has 3 rings (SSSR count). The van der Waals surface area contributed by atoms with Crippen molar-refractivity contribution in [2.45, 2.75) is 13.2 Å². The van der Waals surface area contributed by atoms with Gasteiger partial charge in [-0.15, -0.1) is 0 Å². The van der Waals surface area contributed by atoms with Crippen LogP contribution in [0.3, 0.4) is 0 Å². The summed E-state index contributed by atoms with van der Waals surface area (Å²) in [7, 11) is 0. The van der Waals surface area contributed by atoms with E-state index in [1.54, 1.807) is 53.5 Å². The lowest BCUT2D eigenvalue weighted by Crippen LogP contribution is -2.23. The van der Waals surface area contributed by atoms with Gasteiger partial charge in [0.15, 0.2) is 0 Å². The zero-order valence-electron chi connectivity index (χ0n) is 13.1. The Kier molecular flexibility index (Phi) is 5.03. The minimum absolute atomic E-state index is 0.0578. The molecular weight excluding hydrogens is 328 g/mol. The Hall–Kier alpha value is -3.22. The van der Waals surface area contributed by atoms with E-state index in [4.69, 9.17) is 0 Å². The molecule has 1 heterocycles. The summed E-state index contributed by atoms with van der Waals surface area (Å²) < 4.78 is 30.5. The summed E-state index contributed by atoms with van der Waals surface area (Å²) in [6, 6.07) is 15.0. The number of aromatic nitrogens is 2. The fraction of sp³-hybridized carbons (Fsp3) is 0.111. The summed E-state index contributed by atoms with van der Waals surface area (Å²) in [6.45, 7) is -2.68. The molecule has 5 nitrogen and oxygen atoms in total. The number of amides is 1. The first kappa shape index (κ1) is 16.6.